The zero-order valence-corrected chi connectivity index (χ0v) is 8.27. The first-order valence-corrected chi connectivity index (χ1v) is 4.88. The second-order valence-corrected chi connectivity index (χ2v) is 3.54. The summed E-state index contributed by atoms with van der Waals surface area (Å²) < 4.78 is 0. The first-order valence-electron chi connectivity index (χ1n) is 4.88. The lowest BCUT2D eigenvalue weighted by atomic mass is 9.80. The number of hydrogen-bond acceptors (Lipinski definition) is 3. The van der Waals surface area contributed by atoms with Crippen molar-refractivity contribution in [1.82, 2.24) is 4.98 Å². The summed E-state index contributed by atoms with van der Waals surface area (Å²) in [5.41, 5.74) is 8.02. The van der Waals surface area contributed by atoms with Crippen LogP contribution < -0.4 is 11.2 Å². The molecule has 0 aliphatic rings. The second-order valence-electron chi connectivity index (χ2n) is 3.54. The first-order chi connectivity index (χ1) is 7.22. The summed E-state index contributed by atoms with van der Waals surface area (Å²) in [6, 6.07) is 5.81. The van der Waals surface area contributed by atoms with Gasteiger partial charge in [0.05, 0.1) is 0 Å². The van der Waals surface area contributed by atoms with Crippen LogP contribution in [0.5, 0.6) is 0 Å². The van der Waals surface area contributed by atoms with Gasteiger partial charge in [-0.25, -0.2) is 0 Å². The molecule has 0 atom stereocenters. The Balaban J connectivity index is 2.47. The fourth-order valence-corrected chi connectivity index (χ4v) is 1.73. The summed E-state index contributed by atoms with van der Waals surface area (Å²) in [5.74, 6) is 0. The van der Waals surface area contributed by atoms with E-state index >= 15 is 0 Å². The van der Waals surface area contributed by atoms with E-state index < -0.39 is 7.12 Å². The number of fused-ring (bicyclic) bond motifs is 1. The van der Waals surface area contributed by atoms with Crippen LogP contribution in [0.3, 0.4) is 0 Å². The van der Waals surface area contributed by atoms with Crippen LogP contribution in [-0.2, 0) is 6.42 Å². The predicted molar refractivity (Wildman–Crippen MR) is 60.9 cm³/mol. The minimum atomic E-state index is -1.43. The Morgan fingerprint density at radius 1 is 1.33 bits per heavy atom. The summed E-state index contributed by atoms with van der Waals surface area (Å²) in [5, 5.41) is 19.0. The van der Waals surface area contributed by atoms with Gasteiger partial charge in [-0.1, -0.05) is 12.1 Å². The zero-order valence-electron chi connectivity index (χ0n) is 8.27. The monoisotopic (exact) mass is 204 g/mol. The van der Waals surface area contributed by atoms with Crippen molar-refractivity contribution in [2.75, 3.05) is 6.54 Å². The highest BCUT2D eigenvalue weighted by Gasteiger charge is 2.15. The molecule has 78 valence electrons. The first kappa shape index (κ1) is 10.2. The molecule has 0 spiro atoms. The Kier molecular flexibility index (Phi) is 2.77. The minimum Gasteiger partial charge on any atom is -0.423 e. The van der Waals surface area contributed by atoms with Crippen LogP contribution in [-0.4, -0.2) is 28.7 Å². The number of aromatic nitrogens is 1. The molecule has 2 rings (SSSR count). The summed E-state index contributed by atoms with van der Waals surface area (Å²) >= 11 is 0. The fraction of sp³-hybridized carbons (Fsp3) is 0.200. The second kappa shape index (κ2) is 4.06. The Hall–Kier alpha value is -1.30. The van der Waals surface area contributed by atoms with Gasteiger partial charge < -0.3 is 20.8 Å². The van der Waals surface area contributed by atoms with Crippen molar-refractivity contribution in [3.8, 4) is 0 Å². The van der Waals surface area contributed by atoms with Crippen LogP contribution in [0.15, 0.2) is 24.4 Å². The molecule has 0 bridgehead atoms. The van der Waals surface area contributed by atoms with E-state index in [4.69, 9.17) is 15.8 Å². The van der Waals surface area contributed by atoms with Gasteiger partial charge in [-0.3, -0.25) is 0 Å². The molecule has 0 radical (unpaired) electrons. The Morgan fingerprint density at radius 2 is 2.13 bits per heavy atom. The standard InChI is InChI=1S/C10H13BN2O2/c12-4-3-7-1-2-8-9(11(14)15)6-13-10(8)5-7/h1-2,5-6,13-15H,3-4,12H2. The maximum Gasteiger partial charge on any atom is 0.490 e. The van der Waals surface area contributed by atoms with Crippen LogP contribution in [0, 0.1) is 0 Å². The summed E-state index contributed by atoms with van der Waals surface area (Å²) in [6.45, 7) is 0.613. The SMILES string of the molecule is NCCc1ccc2c(B(O)O)c[nH]c2c1. The van der Waals surface area contributed by atoms with Crippen molar-refractivity contribution in [3.63, 3.8) is 0 Å². The molecule has 0 unspecified atom stereocenters. The molecule has 2 aromatic rings. The van der Waals surface area contributed by atoms with Crippen LogP contribution in [0.25, 0.3) is 10.9 Å². The number of hydrogen-bond donors (Lipinski definition) is 4. The number of aromatic amines is 1. The molecule has 0 saturated heterocycles. The number of nitrogens with one attached hydrogen (secondary N) is 1. The summed E-state index contributed by atoms with van der Waals surface area (Å²) in [6.07, 6.45) is 2.44. The quantitative estimate of drug-likeness (QED) is 0.501. The van der Waals surface area contributed by atoms with Gasteiger partial charge in [0.1, 0.15) is 0 Å². The van der Waals surface area contributed by atoms with E-state index in [1.165, 1.54) is 0 Å². The largest absolute Gasteiger partial charge is 0.490 e. The molecule has 15 heavy (non-hydrogen) atoms. The lowest BCUT2D eigenvalue weighted by Gasteiger charge is -2.00. The zero-order chi connectivity index (χ0) is 10.8. The molecule has 0 saturated carbocycles. The molecular formula is C10H13BN2O2. The molecule has 0 amide bonds. The maximum absolute atomic E-state index is 9.10. The molecular weight excluding hydrogens is 191 g/mol. The van der Waals surface area contributed by atoms with Crippen molar-refractivity contribution in [2.45, 2.75) is 6.42 Å². The predicted octanol–water partition coefficient (Wildman–Crippen LogP) is -0.651. The molecule has 5 heteroatoms. The van der Waals surface area contributed by atoms with Crippen molar-refractivity contribution >= 4 is 23.5 Å². The van der Waals surface area contributed by atoms with Crippen LogP contribution in [0.1, 0.15) is 5.56 Å². The van der Waals surface area contributed by atoms with Crippen molar-refractivity contribution < 1.29 is 10.0 Å². The lowest BCUT2D eigenvalue weighted by molar-refractivity contribution is 0.426. The number of H-pyrrole nitrogens is 1. The molecule has 5 N–H and O–H groups in total. The highest BCUT2D eigenvalue weighted by Crippen LogP contribution is 2.13. The van der Waals surface area contributed by atoms with Crippen LogP contribution in [0.2, 0.25) is 0 Å². The number of nitrogens with two attached hydrogens (primary N) is 1. The van der Waals surface area contributed by atoms with Gasteiger partial charge in [0.2, 0.25) is 0 Å². The molecule has 4 nitrogen and oxygen atoms in total. The van der Waals surface area contributed by atoms with Gasteiger partial charge in [-0.15, -0.1) is 0 Å². The Labute approximate surface area is 87.9 Å². The van der Waals surface area contributed by atoms with E-state index in [0.29, 0.717) is 12.0 Å². The topological polar surface area (TPSA) is 82.3 Å². The van der Waals surface area contributed by atoms with E-state index in [1.807, 2.05) is 18.2 Å². The number of benzene rings is 1. The van der Waals surface area contributed by atoms with Gasteiger partial charge in [-0.05, 0) is 30.0 Å². The smallest absolute Gasteiger partial charge is 0.423 e. The average Bonchev–Trinajstić information content (AvgIpc) is 2.61. The molecule has 1 heterocycles. The molecule has 0 fully saturated rings. The highest BCUT2D eigenvalue weighted by atomic mass is 16.4. The van der Waals surface area contributed by atoms with E-state index in [2.05, 4.69) is 4.98 Å². The maximum atomic E-state index is 9.10. The third kappa shape index (κ3) is 1.90. The van der Waals surface area contributed by atoms with E-state index in [1.54, 1.807) is 6.20 Å². The van der Waals surface area contributed by atoms with Crippen LogP contribution >= 0.6 is 0 Å². The molecule has 0 aliphatic carbocycles. The third-order valence-corrected chi connectivity index (χ3v) is 2.49. The molecule has 1 aromatic carbocycles. The Bertz CT molecular complexity index is 467. The van der Waals surface area contributed by atoms with Gasteiger partial charge >= 0.3 is 7.12 Å². The van der Waals surface area contributed by atoms with Crippen molar-refractivity contribution in [3.05, 3.63) is 30.0 Å². The van der Waals surface area contributed by atoms with Crippen LogP contribution in [0.4, 0.5) is 0 Å². The lowest BCUT2D eigenvalue weighted by Crippen LogP contribution is -2.28. The summed E-state index contributed by atoms with van der Waals surface area (Å²) in [7, 11) is -1.43. The van der Waals surface area contributed by atoms with Crippen molar-refractivity contribution in [1.29, 1.82) is 0 Å². The fourth-order valence-electron chi connectivity index (χ4n) is 1.73. The van der Waals surface area contributed by atoms with Gasteiger partial charge in [0, 0.05) is 17.2 Å². The number of rotatable bonds is 3. The normalized spacial score (nSPS) is 10.9. The summed E-state index contributed by atoms with van der Waals surface area (Å²) in [4.78, 5) is 3.01. The van der Waals surface area contributed by atoms with E-state index in [9.17, 15) is 0 Å². The van der Waals surface area contributed by atoms with Gasteiger partial charge in [-0.2, -0.15) is 0 Å². The Morgan fingerprint density at radius 3 is 2.80 bits per heavy atom. The van der Waals surface area contributed by atoms with E-state index in [-0.39, 0.29) is 0 Å². The third-order valence-electron chi connectivity index (χ3n) is 2.49. The van der Waals surface area contributed by atoms with Crippen molar-refractivity contribution in [2.24, 2.45) is 5.73 Å². The van der Waals surface area contributed by atoms with Gasteiger partial charge in [0.15, 0.2) is 0 Å². The van der Waals surface area contributed by atoms with Gasteiger partial charge in [0.25, 0.3) is 0 Å². The average molecular weight is 204 g/mol. The molecule has 0 aliphatic heterocycles. The van der Waals surface area contributed by atoms with E-state index in [0.717, 1.165) is 22.9 Å². The molecule has 1 aromatic heterocycles. The minimum absolute atomic E-state index is 0.504. The highest BCUT2D eigenvalue weighted by molar-refractivity contribution is 6.62.